The Bertz CT molecular complexity index is 339. The zero-order chi connectivity index (χ0) is 9.84. The summed E-state index contributed by atoms with van der Waals surface area (Å²) in [6.45, 7) is 0. The summed E-state index contributed by atoms with van der Waals surface area (Å²) in [6.07, 6.45) is 0. The summed E-state index contributed by atoms with van der Waals surface area (Å²) in [5.41, 5.74) is 5.55. The minimum absolute atomic E-state index is 0.120. The second-order valence-electron chi connectivity index (χ2n) is 2.33. The van der Waals surface area contributed by atoms with Crippen LogP contribution >= 0.6 is 0 Å². The second-order valence-corrected chi connectivity index (χ2v) is 2.33. The fourth-order valence-corrected chi connectivity index (χ4v) is 0.883. The standard InChI is InChI=1S/C8H9FN2O2/c1-13-7-3-2-5(4-6(7)9)8(10)11-12/h2-4,12H,1H3,(H2,10,11). The van der Waals surface area contributed by atoms with Gasteiger partial charge >= 0.3 is 0 Å². The van der Waals surface area contributed by atoms with Crippen LogP contribution in [0.25, 0.3) is 0 Å². The lowest BCUT2D eigenvalue weighted by Gasteiger charge is -2.03. The molecule has 0 aliphatic rings. The molecule has 0 amide bonds. The quantitative estimate of drug-likeness (QED) is 0.311. The number of hydrogen-bond acceptors (Lipinski definition) is 3. The van der Waals surface area contributed by atoms with Crippen LogP contribution in [-0.2, 0) is 0 Å². The molecule has 0 fully saturated rings. The van der Waals surface area contributed by atoms with Crippen molar-refractivity contribution in [3.63, 3.8) is 0 Å². The maximum absolute atomic E-state index is 13.0. The average molecular weight is 184 g/mol. The molecule has 0 aliphatic carbocycles. The zero-order valence-corrected chi connectivity index (χ0v) is 6.99. The van der Waals surface area contributed by atoms with E-state index in [1.54, 1.807) is 0 Å². The van der Waals surface area contributed by atoms with Crippen LogP contribution in [0.15, 0.2) is 23.4 Å². The van der Waals surface area contributed by atoms with Crippen LogP contribution in [0.4, 0.5) is 4.39 Å². The van der Waals surface area contributed by atoms with Crippen molar-refractivity contribution < 1.29 is 14.3 Å². The van der Waals surface area contributed by atoms with Gasteiger partial charge in [-0.3, -0.25) is 0 Å². The molecular weight excluding hydrogens is 175 g/mol. The summed E-state index contributed by atoms with van der Waals surface area (Å²) in [6, 6.07) is 4.04. The van der Waals surface area contributed by atoms with Crippen LogP contribution in [0, 0.1) is 5.82 Å². The Morgan fingerprint density at radius 1 is 1.62 bits per heavy atom. The number of methoxy groups -OCH3 is 1. The minimum atomic E-state index is -0.549. The van der Waals surface area contributed by atoms with E-state index < -0.39 is 5.82 Å². The summed E-state index contributed by atoms with van der Waals surface area (Å²) in [7, 11) is 1.36. The van der Waals surface area contributed by atoms with Crippen LogP contribution in [0.5, 0.6) is 5.75 Å². The minimum Gasteiger partial charge on any atom is -0.494 e. The molecule has 0 atom stereocenters. The number of benzene rings is 1. The molecule has 1 aromatic rings. The average Bonchev–Trinajstić information content (AvgIpc) is 2.16. The van der Waals surface area contributed by atoms with Gasteiger partial charge in [0.1, 0.15) is 0 Å². The Balaban J connectivity index is 3.10. The van der Waals surface area contributed by atoms with E-state index in [0.717, 1.165) is 6.07 Å². The molecule has 0 heterocycles. The second kappa shape index (κ2) is 3.75. The fourth-order valence-electron chi connectivity index (χ4n) is 0.883. The molecule has 0 spiro atoms. The first-order chi connectivity index (χ1) is 6.19. The van der Waals surface area contributed by atoms with Gasteiger partial charge in [-0.05, 0) is 18.2 Å². The SMILES string of the molecule is COc1ccc(/C(N)=N\O)cc1F. The molecular formula is C8H9FN2O2. The van der Waals surface area contributed by atoms with Gasteiger partial charge in [-0.15, -0.1) is 0 Å². The van der Waals surface area contributed by atoms with Gasteiger partial charge in [0, 0.05) is 5.56 Å². The van der Waals surface area contributed by atoms with Crippen LogP contribution in [-0.4, -0.2) is 18.2 Å². The van der Waals surface area contributed by atoms with Crippen molar-refractivity contribution in [2.24, 2.45) is 10.9 Å². The number of rotatable bonds is 2. The lowest BCUT2D eigenvalue weighted by atomic mass is 10.2. The molecule has 0 radical (unpaired) electrons. The summed E-state index contributed by atoms with van der Waals surface area (Å²) < 4.78 is 17.7. The third-order valence-corrected chi connectivity index (χ3v) is 1.56. The number of halogens is 1. The lowest BCUT2D eigenvalue weighted by Crippen LogP contribution is -2.13. The van der Waals surface area contributed by atoms with Crippen molar-refractivity contribution >= 4 is 5.84 Å². The molecule has 0 aliphatic heterocycles. The van der Waals surface area contributed by atoms with E-state index in [0.29, 0.717) is 5.56 Å². The van der Waals surface area contributed by atoms with Crippen molar-refractivity contribution in [3.8, 4) is 5.75 Å². The predicted octanol–water partition coefficient (Wildman–Crippen LogP) is 0.929. The zero-order valence-electron chi connectivity index (χ0n) is 6.99. The van der Waals surface area contributed by atoms with Gasteiger partial charge in [-0.2, -0.15) is 0 Å². The van der Waals surface area contributed by atoms with Crippen molar-refractivity contribution in [2.45, 2.75) is 0 Å². The molecule has 4 nitrogen and oxygen atoms in total. The molecule has 0 unspecified atom stereocenters. The van der Waals surface area contributed by atoms with Crippen LogP contribution in [0.2, 0.25) is 0 Å². The van der Waals surface area contributed by atoms with Crippen molar-refractivity contribution in [1.82, 2.24) is 0 Å². The van der Waals surface area contributed by atoms with E-state index in [1.807, 2.05) is 0 Å². The van der Waals surface area contributed by atoms with Gasteiger partial charge in [0.05, 0.1) is 7.11 Å². The number of hydrogen-bond donors (Lipinski definition) is 2. The molecule has 1 rings (SSSR count). The van der Waals surface area contributed by atoms with Crippen LogP contribution in [0.3, 0.4) is 0 Å². The van der Waals surface area contributed by atoms with E-state index in [-0.39, 0.29) is 11.6 Å². The highest BCUT2D eigenvalue weighted by Crippen LogP contribution is 2.17. The Labute approximate surface area is 74.4 Å². The smallest absolute Gasteiger partial charge is 0.170 e. The van der Waals surface area contributed by atoms with Gasteiger partial charge in [-0.25, -0.2) is 4.39 Å². The number of ether oxygens (including phenoxy) is 1. The number of nitrogens with zero attached hydrogens (tertiary/aromatic N) is 1. The topological polar surface area (TPSA) is 67.8 Å². The third kappa shape index (κ3) is 1.87. The van der Waals surface area contributed by atoms with E-state index in [9.17, 15) is 4.39 Å². The fraction of sp³-hybridized carbons (Fsp3) is 0.125. The summed E-state index contributed by atoms with van der Waals surface area (Å²) in [5, 5.41) is 11.1. The van der Waals surface area contributed by atoms with Crippen molar-refractivity contribution in [2.75, 3.05) is 7.11 Å². The van der Waals surface area contributed by atoms with Gasteiger partial charge in [-0.1, -0.05) is 5.16 Å². The highest BCUT2D eigenvalue weighted by molar-refractivity contribution is 5.97. The predicted molar refractivity (Wildman–Crippen MR) is 45.5 cm³/mol. The van der Waals surface area contributed by atoms with Crippen LogP contribution < -0.4 is 10.5 Å². The van der Waals surface area contributed by atoms with E-state index in [1.165, 1.54) is 19.2 Å². The Hall–Kier alpha value is -1.78. The molecule has 0 bridgehead atoms. The number of oxime groups is 1. The molecule has 5 heteroatoms. The number of nitrogens with two attached hydrogens (primary N) is 1. The summed E-state index contributed by atoms with van der Waals surface area (Å²) >= 11 is 0. The maximum Gasteiger partial charge on any atom is 0.170 e. The van der Waals surface area contributed by atoms with Gasteiger partial charge in [0.2, 0.25) is 0 Å². The van der Waals surface area contributed by atoms with E-state index >= 15 is 0 Å². The molecule has 0 saturated carbocycles. The Kier molecular flexibility index (Phi) is 2.69. The van der Waals surface area contributed by atoms with Gasteiger partial charge in [0.25, 0.3) is 0 Å². The Morgan fingerprint density at radius 2 is 2.31 bits per heavy atom. The largest absolute Gasteiger partial charge is 0.494 e. The molecule has 3 N–H and O–H groups in total. The number of amidine groups is 1. The van der Waals surface area contributed by atoms with E-state index in [2.05, 4.69) is 5.16 Å². The monoisotopic (exact) mass is 184 g/mol. The molecule has 70 valence electrons. The van der Waals surface area contributed by atoms with Gasteiger partial charge in [0.15, 0.2) is 17.4 Å². The van der Waals surface area contributed by atoms with E-state index in [4.69, 9.17) is 15.7 Å². The highest BCUT2D eigenvalue weighted by atomic mass is 19.1. The molecule has 0 aromatic heterocycles. The maximum atomic E-state index is 13.0. The molecule has 1 aromatic carbocycles. The Morgan fingerprint density at radius 3 is 2.77 bits per heavy atom. The van der Waals surface area contributed by atoms with Crippen LogP contribution in [0.1, 0.15) is 5.56 Å². The van der Waals surface area contributed by atoms with Crippen molar-refractivity contribution in [3.05, 3.63) is 29.6 Å². The molecule has 0 saturated heterocycles. The highest BCUT2D eigenvalue weighted by Gasteiger charge is 2.05. The van der Waals surface area contributed by atoms with Crippen molar-refractivity contribution in [1.29, 1.82) is 0 Å². The normalized spacial score (nSPS) is 11.4. The first-order valence-electron chi connectivity index (χ1n) is 3.50. The van der Waals surface area contributed by atoms with Gasteiger partial charge < -0.3 is 15.7 Å². The first kappa shape index (κ1) is 9.31. The summed E-state index contributed by atoms with van der Waals surface area (Å²) in [5.74, 6) is -0.567. The summed E-state index contributed by atoms with van der Waals surface area (Å²) in [4.78, 5) is 0. The lowest BCUT2D eigenvalue weighted by molar-refractivity contribution is 0.318. The first-order valence-corrected chi connectivity index (χ1v) is 3.50. The molecule has 13 heavy (non-hydrogen) atoms. The third-order valence-electron chi connectivity index (χ3n) is 1.56.